The Labute approximate surface area is 113 Å². The Morgan fingerprint density at radius 1 is 0.950 bits per heavy atom. The number of benzene rings is 1. The van der Waals surface area contributed by atoms with Crippen LogP contribution in [0.5, 0.6) is 0 Å². The summed E-state index contributed by atoms with van der Waals surface area (Å²) in [6.07, 6.45) is 1.85. The largest absolute Gasteiger partial charge is 0.484 e. The highest BCUT2D eigenvalue weighted by Gasteiger charge is 2.74. The van der Waals surface area contributed by atoms with Crippen molar-refractivity contribution in [2.45, 2.75) is 38.2 Å². The summed E-state index contributed by atoms with van der Waals surface area (Å²) in [4.78, 5) is 0. The summed E-state index contributed by atoms with van der Waals surface area (Å²) in [5.74, 6) is -13.1. The number of rotatable bonds is 5. The summed E-state index contributed by atoms with van der Waals surface area (Å²) < 4.78 is 68.3. The summed E-state index contributed by atoms with van der Waals surface area (Å²) in [5.41, 5.74) is 1.58. The molecular weight excluding hydrogens is 279 g/mol. The summed E-state index contributed by atoms with van der Waals surface area (Å²) in [6, 6.07) is 6.86. The van der Waals surface area contributed by atoms with Gasteiger partial charge in [-0.15, -0.1) is 0 Å². The van der Waals surface area contributed by atoms with E-state index >= 15 is 0 Å². The molecule has 2 rings (SSSR count). The van der Waals surface area contributed by atoms with Crippen molar-refractivity contribution in [2.75, 3.05) is 0 Å². The third-order valence-electron chi connectivity index (χ3n) is 3.10. The fraction of sp³-hybridized carbons (Fsp3) is 0.429. The predicted octanol–water partition coefficient (Wildman–Crippen LogP) is 4.62. The molecule has 0 radical (unpaired) electrons. The van der Waals surface area contributed by atoms with Crippen molar-refractivity contribution < 1.29 is 26.7 Å². The van der Waals surface area contributed by atoms with E-state index in [-0.39, 0.29) is 6.61 Å². The zero-order valence-electron chi connectivity index (χ0n) is 10.7. The third-order valence-corrected chi connectivity index (χ3v) is 3.10. The van der Waals surface area contributed by atoms with Crippen LogP contribution in [0.2, 0.25) is 0 Å². The summed E-state index contributed by atoms with van der Waals surface area (Å²) in [5, 5.41) is 0. The first-order chi connectivity index (χ1) is 9.30. The highest BCUT2D eigenvalue weighted by atomic mass is 19.3. The van der Waals surface area contributed by atoms with Crippen molar-refractivity contribution >= 4 is 0 Å². The van der Waals surface area contributed by atoms with Gasteiger partial charge in [0.15, 0.2) is 0 Å². The number of ether oxygens (including phenoxy) is 1. The number of hydrogen-bond acceptors (Lipinski definition) is 1. The molecular formula is C14H13F5O. The molecule has 0 atom stereocenters. The Morgan fingerprint density at radius 2 is 1.50 bits per heavy atom. The fourth-order valence-electron chi connectivity index (χ4n) is 1.90. The van der Waals surface area contributed by atoms with E-state index in [0.29, 0.717) is 5.56 Å². The Kier molecular flexibility index (Phi) is 3.75. The first-order valence-corrected chi connectivity index (χ1v) is 6.17. The van der Waals surface area contributed by atoms with Crippen LogP contribution in [0.25, 0.3) is 0 Å². The van der Waals surface area contributed by atoms with Crippen molar-refractivity contribution in [1.82, 2.24) is 0 Å². The monoisotopic (exact) mass is 292 g/mol. The van der Waals surface area contributed by atoms with Crippen molar-refractivity contribution in [1.29, 1.82) is 0 Å². The minimum absolute atomic E-state index is 0.374. The molecule has 0 heterocycles. The van der Waals surface area contributed by atoms with Gasteiger partial charge in [-0.1, -0.05) is 37.6 Å². The minimum Gasteiger partial charge on any atom is -0.484 e. The second kappa shape index (κ2) is 5.07. The number of allylic oxidation sites excluding steroid dienone is 2. The average Bonchev–Trinajstić information content (AvgIpc) is 2.40. The molecule has 1 aliphatic carbocycles. The molecule has 0 saturated heterocycles. The molecule has 0 unspecified atom stereocenters. The van der Waals surface area contributed by atoms with E-state index in [1.807, 2.05) is 6.92 Å². The summed E-state index contributed by atoms with van der Waals surface area (Å²) in [7, 11) is 0. The Hall–Kier alpha value is -1.59. The van der Waals surface area contributed by atoms with Crippen LogP contribution in [0.3, 0.4) is 0 Å². The molecule has 0 fully saturated rings. The van der Waals surface area contributed by atoms with Gasteiger partial charge in [0.2, 0.25) is 11.6 Å². The molecule has 0 amide bonds. The predicted molar refractivity (Wildman–Crippen MR) is 63.3 cm³/mol. The molecule has 1 aliphatic rings. The number of halogens is 5. The van der Waals surface area contributed by atoms with Crippen LogP contribution in [0, 0.1) is 0 Å². The zero-order valence-corrected chi connectivity index (χ0v) is 10.7. The maximum Gasteiger partial charge on any atom is 0.375 e. The van der Waals surface area contributed by atoms with Crippen molar-refractivity contribution in [2.24, 2.45) is 0 Å². The van der Waals surface area contributed by atoms with Crippen molar-refractivity contribution in [3.05, 3.63) is 47.0 Å². The van der Waals surface area contributed by atoms with Gasteiger partial charge in [-0.05, 0) is 17.5 Å². The van der Waals surface area contributed by atoms with Gasteiger partial charge in [0.05, 0.1) is 0 Å². The molecule has 6 heteroatoms. The lowest BCUT2D eigenvalue weighted by atomic mass is 9.96. The summed E-state index contributed by atoms with van der Waals surface area (Å²) in [6.45, 7) is 1.64. The smallest absolute Gasteiger partial charge is 0.375 e. The number of alkyl halides is 4. The van der Waals surface area contributed by atoms with Crippen LogP contribution in [-0.4, -0.2) is 11.8 Å². The third kappa shape index (κ3) is 2.27. The first-order valence-electron chi connectivity index (χ1n) is 6.17. The molecule has 0 aromatic heterocycles. The first kappa shape index (κ1) is 14.8. The molecule has 0 spiro atoms. The normalized spacial score (nSPS) is 19.7. The lowest BCUT2D eigenvalue weighted by Gasteiger charge is -2.35. The highest BCUT2D eigenvalue weighted by molar-refractivity contribution is 5.35. The second-order valence-corrected chi connectivity index (χ2v) is 4.65. The Morgan fingerprint density at radius 3 is 2.00 bits per heavy atom. The molecule has 1 aromatic rings. The maximum absolute atomic E-state index is 12.9. The van der Waals surface area contributed by atoms with Crippen LogP contribution in [0.4, 0.5) is 22.0 Å². The number of aryl methyl sites for hydroxylation is 1. The van der Waals surface area contributed by atoms with Crippen molar-refractivity contribution in [3.8, 4) is 0 Å². The van der Waals surface area contributed by atoms with Crippen molar-refractivity contribution in [3.63, 3.8) is 0 Å². The molecule has 0 N–H and O–H groups in total. The number of hydrogen-bond donors (Lipinski definition) is 0. The SMILES string of the molecule is CCCc1ccc(COC2=C(F)C(F)(F)C2(F)F)cc1. The van der Waals surface area contributed by atoms with Crippen LogP contribution in [0.15, 0.2) is 35.9 Å². The van der Waals surface area contributed by atoms with Gasteiger partial charge >= 0.3 is 11.8 Å². The molecule has 20 heavy (non-hydrogen) atoms. The Balaban J connectivity index is 2.01. The van der Waals surface area contributed by atoms with Gasteiger partial charge in [0.25, 0.3) is 0 Å². The fourth-order valence-corrected chi connectivity index (χ4v) is 1.90. The van der Waals surface area contributed by atoms with Gasteiger partial charge in [-0.3, -0.25) is 0 Å². The van der Waals surface area contributed by atoms with Gasteiger partial charge in [0, 0.05) is 0 Å². The summed E-state index contributed by atoms with van der Waals surface area (Å²) >= 11 is 0. The van der Waals surface area contributed by atoms with Crippen LogP contribution in [-0.2, 0) is 17.8 Å². The second-order valence-electron chi connectivity index (χ2n) is 4.65. The van der Waals surface area contributed by atoms with Gasteiger partial charge < -0.3 is 4.74 Å². The standard InChI is InChI=1S/C14H13F5O/c1-2-3-9-4-6-10(7-5-9)8-20-12-11(15)13(16,17)14(12,18)19/h4-7H,2-3,8H2,1H3. The molecule has 110 valence electrons. The van der Waals surface area contributed by atoms with E-state index in [9.17, 15) is 22.0 Å². The van der Waals surface area contributed by atoms with E-state index < -0.39 is 23.4 Å². The van der Waals surface area contributed by atoms with Crippen LogP contribution in [0.1, 0.15) is 24.5 Å². The lowest BCUT2D eigenvalue weighted by Crippen LogP contribution is -2.53. The topological polar surface area (TPSA) is 9.23 Å². The van der Waals surface area contributed by atoms with Crippen LogP contribution < -0.4 is 0 Å². The average molecular weight is 292 g/mol. The van der Waals surface area contributed by atoms with E-state index in [0.717, 1.165) is 18.4 Å². The minimum atomic E-state index is -4.76. The van der Waals surface area contributed by atoms with Gasteiger partial charge in [-0.25, -0.2) is 4.39 Å². The van der Waals surface area contributed by atoms with Crippen LogP contribution >= 0.6 is 0 Å². The Bertz CT molecular complexity index is 519. The molecule has 0 bridgehead atoms. The highest BCUT2D eigenvalue weighted by Crippen LogP contribution is 2.56. The van der Waals surface area contributed by atoms with Gasteiger partial charge in [-0.2, -0.15) is 17.6 Å². The molecule has 1 nitrogen and oxygen atoms in total. The molecule has 0 saturated carbocycles. The quantitative estimate of drug-likeness (QED) is 0.719. The zero-order chi connectivity index (χ0) is 15.0. The van der Waals surface area contributed by atoms with E-state index in [1.165, 1.54) is 0 Å². The van der Waals surface area contributed by atoms with Gasteiger partial charge in [0.1, 0.15) is 6.61 Å². The molecule has 1 aromatic carbocycles. The van der Waals surface area contributed by atoms with E-state index in [4.69, 9.17) is 0 Å². The maximum atomic E-state index is 12.9. The van der Waals surface area contributed by atoms with E-state index in [2.05, 4.69) is 4.74 Å². The lowest BCUT2D eigenvalue weighted by molar-refractivity contribution is -0.233. The van der Waals surface area contributed by atoms with E-state index in [1.54, 1.807) is 24.3 Å². The molecule has 0 aliphatic heterocycles.